The molecule has 0 aliphatic carbocycles. The fraction of sp³-hybridized carbons (Fsp3) is 0.400. The first-order valence-corrected chi connectivity index (χ1v) is 4.66. The SMILES string of the molecule is CCC(CNc1ccccc1)[N+](=O)[O-]. The summed E-state index contributed by atoms with van der Waals surface area (Å²) in [5, 5.41) is 13.6. The van der Waals surface area contributed by atoms with Gasteiger partial charge in [-0.1, -0.05) is 25.1 Å². The predicted octanol–water partition coefficient (Wildman–Crippen LogP) is 2.15. The van der Waals surface area contributed by atoms with Crippen molar-refractivity contribution in [1.29, 1.82) is 0 Å². The van der Waals surface area contributed by atoms with Crippen molar-refractivity contribution < 1.29 is 4.92 Å². The maximum atomic E-state index is 10.5. The first kappa shape index (κ1) is 10.5. The van der Waals surface area contributed by atoms with E-state index in [9.17, 15) is 10.1 Å². The lowest BCUT2D eigenvalue weighted by atomic mass is 10.2. The van der Waals surface area contributed by atoms with Gasteiger partial charge in [-0.05, 0) is 12.1 Å². The van der Waals surface area contributed by atoms with Gasteiger partial charge in [0.05, 0.1) is 6.54 Å². The number of nitrogens with one attached hydrogen (secondary N) is 1. The van der Waals surface area contributed by atoms with Gasteiger partial charge in [-0.2, -0.15) is 0 Å². The second-order valence-electron chi connectivity index (χ2n) is 3.09. The summed E-state index contributed by atoms with van der Waals surface area (Å²) in [6.07, 6.45) is 0.548. The number of hydrogen-bond acceptors (Lipinski definition) is 3. The lowest BCUT2D eigenvalue weighted by Crippen LogP contribution is -2.27. The Bertz CT molecular complexity index is 287. The molecular formula is C10H14N2O2. The molecule has 1 aromatic carbocycles. The first-order valence-electron chi connectivity index (χ1n) is 4.66. The molecule has 1 aromatic rings. The number of rotatable bonds is 5. The minimum atomic E-state index is -0.504. The zero-order valence-electron chi connectivity index (χ0n) is 8.14. The molecule has 4 heteroatoms. The number of para-hydroxylation sites is 1. The van der Waals surface area contributed by atoms with Crippen LogP contribution in [-0.4, -0.2) is 17.5 Å². The van der Waals surface area contributed by atoms with Crippen LogP contribution in [0.5, 0.6) is 0 Å². The fourth-order valence-electron chi connectivity index (χ4n) is 1.16. The Labute approximate surface area is 83.1 Å². The number of benzene rings is 1. The van der Waals surface area contributed by atoms with E-state index in [0.717, 1.165) is 5.69 Å². The van der Waals surface area contributed by atoms with Crippen molar-refractivity contribution in [2.45, 2.75) is 19.4 Å². The van der Waals surface area contributed by atoms with E-state index in [1.54, 1.807) is 0 Å². The third-order valence-corrected chi connectivity index (χ3v) is 2.08. The molecule has 1 atom stereocenters. The molecule has 1 unspecified atom stereocenters. The van der Waals surface area contributed by atoms with Crippen molar-refractivity contribution in [1.82, 2.24) is 0 Å². The van der Waals surface area contributed by atoms with Gasteiger partial charge in [-0.25, -0.2) is 0 Å². The summed E-state index contributed by atoms with van der Waals surface area (Å²) in [6.45, 7) is 2.20. The maximum Gasteiger partial charge on any atom is 0.229 e. The zero-order chi connectivity index (χ0) is 10.4. The van der Waals surface area contributed by atoms with Crippen LogP contribution in [0.15, 0.2) is 30.3 Å². The van der Waals surface area contributed by atoms with Gasteiger partial charge in [-0.3, -0.25) is 10.1 Å². The Morgan fingerprint density at radius 3 is 2.57 bits per heavy atom. The fourth-order valence-corrected chi connectivity index (χ4v) is 1.16. The van der Waals surface area contributed by atoms with Crippen molar-refractivity contribution in [3.8, 4) is 0 Å². The highest BCUT2D eigenvalue weighted by Crippen LogP contribution is 2.06. The summed E-state index contributed by atoms with van der Waals surface area (Å²) in [4.78, 5) is 10.3. The molecule has 0 saturated carbocycles. The van der Waals surface area contributed by atoms with Gasteiger partial charge in [-0.15, -0.1) is 0 Å². The average Bonchev–Trinajstić information content (AvgIpc) is 2.20. The molecule has 0 radical (unpaired) electrons. The number of nitrogens with zero attached hydrogens (tertiary/aromatic N) is 1. The maximum absolute atomic E-state index is 10.5. The van der Waals surface area contributed by atoms with Crippen LogP contribution < -0.4 is 5.32 Å². The van der Waals surface area contributed by atoms with E-state index in [1.165, 1.54) is 0 Å². The van der Waals surface area contributed by atoms with Crippen LogP contribution >= 0.6 is 0 Å². The highest BCUT2D eigenvalue weighted by atomic mass is 16.6. The van der Waals surface area contributed by atoms with Crippen molar-refractivity contribution in [2.75, 3.05) is 11.9 Å². The van der Waals surface area contributed by atoms with Crippen LogP contribution in [0.2, 0.25) is 0 Å². The quantitative estimate of drug-likeness (QED) is 0.577. The predicted molar refractivity (Wildman–Crippen MR) is 56.0 cm³/mol. The molecule has 1 rings (SSSR count). The van der Waals surface area contributed by atoms with Crippen molar-refractivity contribution >= 4 is 5.69 Å². The van der Waals surface area contributed by atoms with E-state index in [0.29, 0.717) is 13.0 Å². The summed E-state index contributed by atoms with van der Waals surface area (Å²) in [6, 6.07) is 9.00. The second-order valence-corrected chi connectivity index (χ2v) is 3.09. The largest absolute Gasteiger partial charge is 0.378 e. The Balaban J connectivity index is 2.44. The Hall–Kier alpha value is -1.58. The number of anilines is 1. The van der Waals surface area contributed by atoms with Crippen molar-refractivity contribution in [2.24, 2.45) is 0 Å². The van der Waals surface area contributed by atoms with Gasteiger partial charge in [0.2, 0.25) is 6.04 Å². The Kier molecular flexibility index (Phi) is 3.91. The highest BCUT2D eigenvalue weighted by Gasteiger charge is 2.16. The van der Waals surface area contributed by atoms with Crippen molar-refractivity contribution in [3.05, 3.63) is 40.4 Å². The van der Waals surface area contributed by atoms with Crippen LogP contribution in [0.25, 0.3) is 0 Å². The molecule has 0 spiro atoms. The zero-order valence-corrected chi connectivity index (χ0v) is 8.14. The van der Waals surface area contributed by atoms with Crippen LogP contribution in [0.3, 0.4) is 0 Å². The van der Waals surface area contributed by atoms with Gasteiger partial charge in [0.1, 0.15) is 0 Å². The summed E-state index contributed by atoms with van der Waals surface area (Å²) in [5.41, 5.74) is 0.924. The highest BCUT2D eigenvalue weighted by molar-refractivity contribution is 5.42. The van der Waals surface area contributed by atoms with Gasteiger partial charge < -0.3 is 5.32 Å². The Morgan fingerprint density at radius 2 is 2.07 bits per heavy atom. The molecule has 0 heterocycles. The van der Waals surface area contributed by atoms with Crippen LogP contribution in [0.1, 0.15) is 13.3 Å². The summed E-state index contributed by atoms with van der Waals surface area (Å²) in [5.74, 6) is 0. The van der Waals surface area contributed by atoms with Crippen LogP contribution in [0, 0.1) is 10.1 Å². The summed E-state index contributed by atoms with van der Waals surface area (Å²) >= 11 is 0. The van der Waals surface area contributed by atoms with E-state index >= 15 is 0 Å². The van der Waals surface area contributed by atoms with E-state index in [2.05, 4.69) is 5.32 Å². The molecule has 0 fully saturated rings. The lowest BCUT2D eigenvalue weighted by Gasteiger charge is -2.09. The standard InChI is InChI=1S/C10H14N2O2/c1-2-10(12(13)14)8-11-9-6-4-3-5-7-9/h3-7,10-11H,2,8H2,1H3. The van der Waals surface area contributed by atoms with Crippen molar-refractivity contribution in [3.63, 3.8) is 0 Å². The first-order chi connectivity index (χ1) is 6.74. The molecule has 14 heavy (non-hydrogen) atoms. The minimum Gasteiger partial charge on any atom is -0.378 e. The van der Waals surface area contributed by atoms with Gasteiger partial charge in [0, 0.05) is 17.0 Å². The third-order valence-electron chi connectivity index (χ3n) is 2.08. The van der Waals surface area contributed by atoms with E-state index in [4.69, 9.17) is 0 Å². The van der Waals surface area contributed by atoms with Crippen LogP contribution in [-0.2, 0) is 0 Å². The van der Waals surface area contributed by atoms with Gasteiger partial charge in [0.15, 0.2) is 0 Å². The molecule has 0 amide bonds. The monoisotopic (exact) mass is 194 g/mol. The lowest BCUT2D eigenvalue weighted by molar-refractivity contribution is -0.518. The molecule has 0 aliphatic rings. The molecule has 76 valence electrons. The molecule has 0 saturated heterocycles. The van der Waals surface area contributed by atoms with E-state index < -0.39 is 6.04 Å². The topological polar surface area (TPSA) is 55.2 Å². The molecule has 0 aliphatic heterocycles. The van der Waals surface area contributed by atoms with Gasteiger partial charge in [0.25, 0.3) is 0 Å². The second kappa shape index (κ2) is 5.21. The molecule has 0 aromatic heterocycles. The molecule has 4 nitrogen and oxygen atoms in total. The summed E-state index contributed by atoms with van der Waals surface area (Å²) < 4.78 is 0. The third kappa shape index (κ3) is 3.05. The molecule has 1 N–H and O–H groups in total. The summed E-state index contributed by atoms with van der Waals surface area (Å²) in [7, 11) is 0. The smallest absolute Gasteiger partial charge is 0.229 e. The van der Waals surface area contributed by atoms with Crippen LogP contribution in [0.4, 0.5) is 5.69 Å². The molecular weight excluding hydrogens is 180 g/mol. The van der Waals surface area contributed by atoms with E-state index in [-0.39, 0.29) is 4.92 Å². The van der Waals surface area contributed by atoms with E-state index in [1.807, 2.05) is 37.3 Å². The minimum absolute atomic E-state index is 0.240. The average molecular weight is 194 g/mol. The number of nitro groups is 1. The molecule has 0 bridgehead atoms. The number of hydrogen-bond donors (Lipinski definition) is 1. The van der Waals surface area contributed by atoms with Gasteiger partial charge >= 0.3 is 0 Å². The Morgan fingerprint density at radius 1 is 1.43 bits per heavy atom. The normalized spacial score (nSPS) is 12.1.